The first kappa shape index (κ1) is 12.2. The summed E-state index contributed by atoms with van der Waals surface area (Å²) in [4.78, 5) is 0. The van der Waals surface area contributed by atoms with Gasteiger partial charge in [-0.05, 0) is 24.0 Å². The average Bonchev–Trinajstić information content (AvgIpc) is 2.27. The Morgan fingerprint density at radius 1 is 1.33 bits per heavy atom. The lowest BCUT2D eigenvalue weighted by atomic mass is 10.0. The fraction of sp³-hybridized carbons (Fsp3) is 0.500. The van der Waals surface area contributed by atoms with Crippen molar-refractivity contribution in [2.45, 2.75) is 32.3 Å². The second-order valence-electron chi connectivity index (χ2n) is 3.77. The Balaban J connectivity index is 2.55. The summed E-state index contributed by atoms with van der Waals surface area (Å²) in [6.07, 6.45) is 3.02. The molecule has 0 saturated heterocycles. The van der Waals surface area contributed by atoms with Gasteiger partial charge in [-0.25, -0.2) is 0 Å². The van der Waals surface area contributed by atoms with Gasteiger partial charge in [-0.2, -0.15) is 0 Å². The summed E-state index contributed by atoms with van der Waals surface area (Å²) in [5.41, 5.74) is 4.70. The number of aliphatic hydroxyl groups excluding tert-OH is 1. The Hall–Kier alpha value is -0.900. The maximum absolute atomic E-state index is 9.64. The van der Waals surface area contributed by atoms with Gasteiger partial charge in [0.1, 0.15) is 0 Å². The number of nitrogens with one attached hydrogen (secondary N) is 1. The highest BCUT2D eigenvalue weighted by molar-refractivity contribution is 5.24. The van der Waals surface area contributed by atoms with Crippen molar-refractivity contribution in [1.29, 1.82) is 0 Å². The van der Waals surface area contributed by atoms with Gasteiger partial charge in [-0.3, -0.25) is 11.3 Å². The van der Waals surface area contributed by atoms with E-state index in [0.29, 0.717) is 6.54 Å². The summed E-state index contributed by atoms with van der Waals surface area (Å²) in [7, 11) is 0. The van der Waals surface area contributed by atoms with E-state index in [1.54, 1.807) is 0 Å². The number of aliphatic hydroxyl groups is 1. The Kier molecular flexibility index (Phi) is 5.32. The molecule has 0 aliphatic heterocycles. The predicted octanol–water partition coefficient (Wildman–Crippen LogP) is 1.53. The van der Waals surface area contributed by atoms with E-state index in [2.05, 4.69) is 24.5 Å². The topological polar surface area (TPSA) is 58.3 Å². The molecule has 1 aromatic rings. The van der Waals surface area contributed by atoms with Crippen molar-refractivity contribution < 1.29 is 5.11 Å². The number of benzene rings is 1. The van der Waals surface area contributed by atoms with E-state index in [9.17, 15) is 5.11 Å². The number of hydrogen-bond donors (Lipinski definition) is 3. The van der Waals surface area contributed by atoms with Crippen LogP contribution in [0.4, 0.5) is 0 Å². The molecule has 0 fully saturated rings. The van der Waals surface area contributed by atoms with Gasteiger partial charge in [-0.1, -0.05) is 37.6 Å². The van der Waals surface area contributed by atoms with E-state index in [0.717, 1.165) is 12.0 Å². The van der Waals surface area contributed by atoms with Crippen LogP contribution in [0.2, 0.25) is 0 Å². The van der Waals surface area contributed by atoms with Crippen molar-refractivity contribution in [2.75, 3.05) is 6.54 Å². The SMILES string of the molecule is CCCCc1ccc(C(O)CNN)cc1. The molecule has 0 aliphatic rings. The zero-order valence-electron chi connectivity index (χ0n) is 9.24. The summed E-state index contributed by atoms with van der Waals surface area (Å²) >= 11 is 0. The van der Waals surface area contributed by atoms with Crippen molar-refractivity contribution in [3.63, 3.8) is 0 Å². The fourth-order valence-corrected chi connectivity index (χ4v) is 1.52. The number of unbranched alkanes of at least 4 members (excludes halogenated alkanes) is 1. The zero-order chi connectivity index (χ0) is 11.1. The summed E-state index contributed by atoms with van der Waals surface area (Å²) in [5.74, 6) is 5.15. The predicted molar refractivity (Wildman–Crippen MR) is 62.2 cm³/mol. The summed E-state index contributed by atoms with van der Waals surface area (Å²) in [6, 6.07) is 8.08. The molecule has 1 rings (SSSR count). The lowest BCUT2D eigenvalue weighted by Crippen LogP contribution is -2.27. The maximum atomic E-state index is 9.64. The Morgan fingerprint density at radius 3 is 2.53 bits per heavy atom. The van der Waals surface area contributed by atoms with Crippen LogP contribution in [-0.2, 0) is 6.42 Å². The molecule has 1 atom stereocenters. The van der Waals surface area contributed by atoms with E-state index in [4.69, 9.17) is 5.84 Å². The van der Waals surface area contributed by atoms with E-state index >= 15 is 0 Å². The molecule has 1 unspecified atom stereocenters. The Bertz CT molecular complexity index is 271. The highest BCUT2D eigenvalue weighted by Gasteiger charge is 2.05. The Morgan fingerprint density at radius 2 is 2.00 bits per heavy atom. The number of aryl methyl sites for hydroxylation is 1. The van der Waals surface area contributed by atoms with Gasteiger partial charge < -0.3 is 5.11 Å². The highest BCUT2D eigenvalue weighted by atomic mass is 16.3. The number of hydrogen-bond acceptors (Lipinski definition) is 3. The zero-order valence-corrected chi connectivity index (χ0v) is 9.24. The third-order valence-corrected chi connectivity index (χ3v) is 2.49. The molecule has 0 heterocycles. The van der Waals surface area contributed by atoms with Gasteiger partial charge in [0.15, 0.2) is 0 Å². The quantitative estimate of drug-likeness (QED) is 0.491. The van der Waals surface area contributed by atoms with Crippen LogP contribution in [-0.4, -0.2) is 11.7 Å². The van der Waals surface area contributed by atoms with Crippen molar-refractivity contribution >= 4 is 0 Å². The summed E-state index contributed by atoms with van der Waals surface area (Å²) in [5, 5.41) is 9.64. The van der Waals surface area contributed by atoms with Crippen LogP contribution in [0.3, 0.4) is 0 Å². The van der Waals surface area contributed by atoms with Crippen LogP contribution in [0.1, 0.15) is 37.0 Å². The highest BCUT2D eigenvalue weighted by Crippen LogP contribution is 2.14. The normalized spacial score (nSPS) is 12.7. The van der Waals surface area contributed by atoms with E-state index in [-0.39, 0.29) is 0 Å². The van der Waals surface area contributed by atoms with Crippen LogP contribution in [0, 0.1) is 0 Å². The third-order valence-electron chi connectivity index (χ3n) is 2.49. The van der Waals surface area contributed by atoms with Crippen LogP contribution >= 0.6 is 0 Å². The average molecular weight is 208 g/mol. The number of hydrazine groups is 1. The Labute approximate surface area is 91.3 Å². The molecule has 84 valence electrons. The molecule has 1 aromatic carbocycles. The second-order valence-corrected chi connectivity index (χ2v) is 3.77. The van der Waals surface area contributed by atoms with Crippen molar-refractivity contribution in [1.82, 2.24) is 5.43 Å². The smallest absolute Gasteiger partial charge is 0.0928 e. The number of nitrogens with two attached hydrogens (primary N) is 1. The number of rotatable bonds is 6. The molecule has 0 radical (unpaired) electrons. The van der Waals surface area contributed by atoms with Crippen LogP contribution in [0.25, 0.3) is 0 Å². The molecule has 15 heavy (non-hydrogen) atoms. The second kappa shape index (κ2) is 6.56. The first-order valence-electron chi connectivity index (χ1n) is 5.48. The molecule has 3 nitrogen and oxygen atoms in total. The minimum Gasteiger partial charge on any atom is -0.387 e. The van der Waals surface area contributed by atoms with Crippen LogP contribution in [0.15, 0.2) is 24.3 Å². The van der Waals surface area contributed by atoms with Crippen LogP contribution in [0.5, 0.6) is 0 Å². The summed E-state index contributed by atoms with van der Waals surface area (Å²) < 4.78 is 0. The fourth-order valence-electron chi connectivity index (χ4n) is 1.52. The van der Waals surface area contributed by atoms with Gasteiger partial charge in [0.05, 0.1) is 6.10 Å². The molecule has 0 amide bonds. The third kappa shape index (κ3) is 4.00. The maximum Gasteiger partial charge on any atom is 0.0928 e. The van der Waals surface area contributed by atoms with Crippen molar-refractivity contribution in [2.24, 2.45) is 5.84 Å². The molecule has 0 spiro atoms. The molecule has 0 aromatic heterocycles. The van der Waals surface area contributed by atoms with E-state index in [1.165, 1.54) is 18.4 Å². The van der Waals surface area contributed by atoms with Gasteiger partial charge in [0, 0.05) is 6.54 Å². The molecule has 0 aliphatic carbocycles. The molecular formula is C12H20N2O. The first-order valence-corrected chi connectivity index (χ1v) is 5.48. The van der Waals surface area contributed by atoms with Crippen molar-refractivity contribution in [3.05, 3.63) is 35.4 Å². The molecule has 0 saturated carbocycles. The van der Waals surface area contributed by atoms with Gasteiger partial charge in [-0.15, -0.1) is 0 Å². The molecule has 0 bridgehead atoms. The van der Waals surface area contributed by atoms with Crippen molar-refractivity contribution in [3.8, 4) is 0 Å². The monoisotopic (exact) mass is 208 g/mol. The first-order chi connectivity index (χ1) is 7.27. The van der Waals surface area contributed by atoms with Gasteiger partial charge in [0.25, 0.3) is 0 Å². The lowest BCUT2D eigenvalue weighted by molar-refractivity contribution is 0.175. The molecule has 4 N–H and O–H groups in total. The van der Waals surface area contributed by atoms with Gasteiger partial charge in [0.2, 0.25) is 0 Å². The van der Waals surface area contributed by atoms with Crippen LogP contribution < -0.4 is 11.3 Å². The van der Waals surface area contributed by atoms with Gasteiger partial charge >= 0.3 is 0 Å². The minimum absolute atomic E-state index is 0.383. The lowest BCUT2D eigenvalue weighted by Gasteiger charge is -2.10. The molecule has 3 heteroatoms. The van der Waals surface area contributed by atoms with E-state index < -0.39 is 6.10 Å². The standard InChI is InChI=1S/C12H20N2O/c1-2-3-4-10-5-7-11(8-6-10)12(15)9-14-13/h5-8,12,14-15H,2-4,9,13H2,1H3. The molecular weight excluding hydrogens is 188 g/mol. The largest absolute Gasteiger partial charge is 0.387 e. The summed E-state index contributed by atoms with van der Waals surface area (Å²) in [6.45, 7) is 2.57. The minimum atomic E-state index is -0.518. The van der Waals surface area contributed by atoms with E-state index in [1.807, 2.05) is 12.1 Å².